The van der Waals surface area contributed by atoms with E-state index in [0.717, 1.165) is 0 Å². The van der Waals surface area contributed by atoms with Crippen LogP contribution in [0.15, 0.2) is 89.1 Å². The van der Waals surface area contributed by atoms with Crippen LogP contribution in [-0.4, -0.2) is 65.1 Å². The average molecular weight is 593 g/mol. The summed E-state index contributed by atoms with van der Waals surface area (Å²) in [7, 11) is 0. The Kier molecular flexibility index (Phi) is 5.50. The van der Waals surface area contributed by atoms with Crippen LogP contribution in [0, 0.1) is 0 Å². The van der Waals surface area contributed by atoms with Crippen molar-refractivity contribution in [3.63, 3.8) is 0 Å². The number of hydrogen-bond donors (Lipinski definition) is 2. The van der Waals surface area contributed by atoms with Crippen LogP contribution in [0.4, 0.5) is 5.13 Å². The molecule has 0 saturated heterocycles. The molecule has 2 unspecified atom stereocenters. The van der Waals surface area contributed by atoms with Crippen LogP contribution in [0.3, 0.4) is 0 Å². The van der Waals surface area contributed by atoms with E-state index in [1.807, 2.05) is 33.9 Å². The van der Waals surface area contributed by atoms with Crippen LogP contribution in [0.25, 0.3) is 11.3 Å². The fourth-order valence-electron chi connectivity index (χ4n) is 5.69. The zero-order valence-corrected chi connectivity index (χ0v) is 22.8. The molecular weight excluding hydrogens is 577 g/mol. The van der Waals surface area contributed by atoms with Crippen molar-refractivity contribution in [1.29, 1.82) is 0 Å². The van der Waals surface area contributed by atoms with E-state index in [1.54, 1.807) is 49.4 Å². The highest BCUT2D eigenvalue weighted by Gasteiger charge is 2.75. The van der Waals surface area contributed by atoms with Gasteiger partial charge in [-0.15, -0.1) is 26.6 Å². The highest BCUT2D eigenvalue weighted by molar-refractivity contribution is 7.13. The molecule has 7 aromatic heterocycles. The van der Waals surface area contributed by atoms with Gasteiger partial charge in [0.25, 0.3) is 0 Å². The minimum Gasteiger partial charge on any atom is -0.447 e. The van der Waals surface area contributed by atoms with Crippen LogP contribution in [0.2, 0.25) is 0 Å². The van der Waals surface area contributed by atoms with Gasteiger partial charge < -0.3 is 9.40 Å². The molecule has 2 atom stereocenters. The second-order valence-corrected chi connectivity index (χ2v) is 10.4. The van der Waals surface area contributed by atoms with E-state index in [-0.39, 0.29) is 11.7 Å². The predicted molar refractivity (Wildman–Crippen MR) is 148 cm³/mol. The van der Waals surface area contributed by atoms with E-state index in [4.69, 9.17) is 34.3 Å². The van der Waals surface area contributed by atoms with Gasteiger partial charge in [-0.3, -0.25) is 9.88 Å². The first-order chi connectivity index (χ1) is 20.9. The first kappa shape index (κ1) is 24.3. The molecule has 42 heavy (non-hydrogen) atoms. The Balaban J connectivity index is 1.69. The van der Waals surface area contributed by atoms with Crippen LogP contribution in [-0.2, 0) is 11.0 Å². The van der Waals surface area contributed by atoms with Gasteiger partial charge in [0.15, 0.2) is 27.7 Å². The van der Waals surface area contributed by atoms with Crippen molar-refractivity contribution < 1.29 is 4.42 Å². The highest BCUT2D eigenvalue weighted by atomic mass is 32.1. The van der Waals surface area contributed by atoms with Gasteiger partial charge in [-0.1, -0.05) is 15.8 Å². The normalized spacial score (nSPS) is 20.4. The first-order valence-electron chi connectivity index (χ1n) is 12.4. The number of tetrazole rings is 1. The zero-order valence-electron chi connectivity index (χ0n) is 21.2. The smallest absolute Gasteiger partial charge is 0.214 e. The molecule has 2 N–H and O–H groups in total. The van der Waals surface area contributed by atoms with Crippen molar-refractivity contribution in [2.24, 2.45) is 0 Å². The number of nitrogens with zero attached hydrogens (tertiary/aromatic N) is 12. The first-order valence-corrected chi connectivity index (χ1v) is 14.1. The minimum atomic E-state index is -1.60. The third kappa shape index (κ3) is 3.16. The van der Waals surface area contributed by atoms with Crippen molar-refractivity contribution in [2.45, 2.75) is 11.0 Å². The Morgan fingerprint density at radius 3 is 2.45 bits per heavy atom. The molecule has 15 nitrogen and oxygen atoms in total. The van der Waals surface area contributed by atoms with Crippen LogP contribution in [0.1, 0.15) is 34.8 Å². The number of nitrogens with one attached hydrogen (secondary N) is 2. The predicted octanol–water partition coefficient (Wildman–Crippen LogP) is 2.72. The monoisotopic (exact) mass is 592 g/mol. The van der Waals surface area contributed by atoms with Crippen molar-refractivity contribution in [2.75, 3.05) is 4.90 Å². The summed E-state index contributed by atoms with van der Waals surface area (Å²) in [6, 6.07) is 7.33. The zero-order chi connectivity index (χ0) is 28.0. The number of anilines is 1. The lowest BCUT2D eigenvalue weighted by Gasteiger charge is -2.45. The van der Waals surface area contributed by atoms with E-state index >= 15 is 0 Å². The average Bonchev–Trinajstić information content (AvgIpc) is 3.89. The minimum absolute atomic E-state index is 0.204. The van der Waals surface area contributed by atoms with Crippen molar-refractivity contribution >= 4 is 39.3 Å². The Morgan fingerprint density at radius 1 is 0.857 bits per heavy atom. The number of hydrogen-bond acceptors (Lipinski definition) is 15. The molecule has 1 aliphatic rings. The van der Waals surface area contributed by atoms with Gasteiger partial charge in [0, 0.05) is 53.5 Å². The SMILES string of the molecule is c1ccc(C2(c3ncco3)C(c3csnn3)=C(c3ncc[nH]3)N(c3nccs3)C2(c2ncccn2)c2nn[nH]n2)nc1. The van der Waals surface area contributed by atoms with E-state index in [2.05, 4.69) is 35.2 Å². The van der Waals surface area contributed by atoms with Gasteiger partial charge in [0.05, 0.1) is 17.6 Å². The lowest BCUT2D eigenvalue weighted by atomic mass is 9.62. The maximum absolute atomic E-state index is 6.26. The number of pyridine rings is 1. The summed E-state index contributed by atoms with van der Waals surface area (Å²) in [6.45, 7) is 0. The number of aromatic amines is 2. The molecule has 0 aromatic carbocycles. The van der Waals surface area contributed by atoms with E-state index in [9.17, 15) is 0 Å². The summed E-state index contributed by atoms with van der Waals surface area (Å²) in [5, 5.41) is 24.6. The Hall–Kier alpha value is -5.55. The quantitative estimate of drug-likeness (QED) is 0.275. The molecule has 8 heterocycles. The summed E-state index contributed by atoms with van der Waals surface area (Å²) in [5.74, 6) is 1.26. The second-order valence-electron chi connectivity index (χ2n) is 8.92. The van der Waals surface area contributed by atoms with Gasteiger partial charge in [0.2, 0.25) is 11.7 Å². The molecule has 17 heteroatoms. The summed E-state index contributed by atoms with van der Waals surface area (Å²) in [4.78, 5) is 34.0. The maximum Gasteiger partial charge on any atom is 0.214 e. The summed E-state index contributed by atoms with van der Waals surface area (Å²) < 4.78 is 10.5. The van der Waals surface area contributed by atoms with Crippen LogP contribution in [0.5, 0.6) is 0 Å². The van der Waals surface area contributed by atoms with Crippen molar-refractivity contribution in [3.8, 4) is 0 Å². The van der Waals surface area contributed by atoms with Crippen LogP contribution >= 0.6 is 22.9 Å². The molecule has 0 bridgehead atoms. The molecule has 0 radical (unpaired) electrons. The molecule has 0 aliphatic carbocycles. The van der Waals surface area contributed by atoms with Gasteiger partial charge in [-0.05, 0) is 29.7 Å². The largest absolute Gasteiger partial charge is 0.447 e. The third-order valence-electron chi connectivity index (χ3n) is 7.02. The van der Waals surface area contributed by atoms with E-state index < -0.39 is 11.0 Å². The molecule has 1 aliphatic heterocycles. The van der Waals surface area contributed by atoms with Crippen molar-refractivity contribution in [3.05, 3.63) is 119 Å². The number of rotatable bonds is 7. The Labute approximate surface area is 243 Å². The summed E-state index contributed by atoms with van der Waals surface area (Å²) in [6.07, 6.45) is 13.2. The van der Waals surface area contributed by atoms with Crippen LogP contribution < -0.4 is 4.90 Å². The molecule has 0 saturated carbocycles. The number of oxazole rings is 1. The molecule has 7 aromatic rings. The molecule has 8 rings (SSSR count). The molecular formula is C25H16N14OS2. The fourth-order valence-corrected chi connectivity index (χ4v) is 6.84. The van der Waals surface area contributed by atoms with E-state index in [1.165, 1.54) is 29.1 Å². The number of aromatic nitrogens is 13. The maximum atomic E-state index is 6.26. The third-order valence-corrected chi connectivity index (χ3v) is 8.28. The highest BCUT2D eigenvalue weighted by Crippen LogP contribution is 2.67. The number of thiazole rings is 1. The number of H-pyrrole nitrogens is 2. The molecule has 0 spiro atoms. The Morgan fingerprint density at radius 2 is 1.79 bits per heavy atom. The van der Waals surface area contributed by atoms with Gasteiger partial charge in [0.1, 0.15) is 12.0 Å². The standard InChI is InChI=1S/C25H16N14OS2/c1-2-5-26-16(4-1)24(22-31-10-12-40-22)17(15-14-42-38-33-15)18(19-27-8-9-28-19)39(23-32-11-13-41-23)25(24,21-34-36-37-35-21)20-29-6-3-7-30-20/h1-14H,(H,27,28)(H,34,35,36,37). The molecule has 0 amide bonds. The molecule has 204 valence electrons. The summed E-state index contributed by atoms with van der Waals surface area (Å²) in [5.41, 5.74) is -0.885. The van der Waals surface area contributed by atoms with Crippen molar-refractivity contribution in [1.82, 2.24) is 65.1 Å². The van der Waals surface area contributed by atoms with Gasteiger partial charge in [-0.25, -0.2) is 24.9 Å². The topological polar surface area (TPSA) is 190 Å². The van der Waals surface area contributed by atoms with E-state index in [0.29, 0.717) is 39.4 Å². The van der Waals surface area contributed by atoms with Gasteiger partial charge >= 0.3 is 0 Å². The van der Waals surface area contributed by atoms with Gasteiger partial charge in [-0.2, -0.15) is 5.21 Å². The lowest BCUT2D eigenvalue weighted by Crippen LogP contribution is -2.59. The fraction of sp³-hybridized carbons (Fsp3) is 0.0800. The molecule has 0 fully saturated rings. The Bertz CT molecular complexity index is 1930. The lowest BCUT2D eigenvalue weighted by molar-refractivity contribution is 0.297. The summed E-state index contributed by atoms with van der Waals surface area (Å²) >= 11 is 2.60. The number of imidazole rings is 1. The second kappa shape index (κ2) is 9.53.